The number of carbonyl (C=O) groups is 2. The van der Waals surface area contributed by atoms with Crippen molar-refractivity contribution in [2.45, 2.75) is 39.0 Å². The summed E-state index contributed by atoms with van der Waals surface area (Å²) in [7, 11) is 0. The summed E-state index contributed by atoms with van der Waals surface area (Å²) in [4.78, 5) is 24.3. The Labute approximate surface area is 150 Å². The minimum Gasteiger partial charge on any atom is -0.445 e. The molecular weight excluding hydrogens is 346 g/mol. The predicted octanol–water partition coefficient (Wildman–Crippen LogP) is 1.73. The van der Waals surface area contributed by atoms with Crippen LogP contribution < -0.4 is 5.32 Å². The summed E-state index contributed by atoms with van der Waals surface area (Å²) in [5, 5.41) is 13.7. The van der Waals surface area contributed by atoms with Crippen molar-refractivity contribution in [3.63, 3.8) is 0 Å². The van der Waals surface area contributed by atoms with Crippen LogP contribution >= 0.6 is 11.6 Å². The third-order valence-electron chi connectivity index (χ3n) is 3.53. The van der Waals surface area contributed by atoms with Crippen molar-refractivity contribution in [2.75, 3.05) is 5.88 Å². The van der Waals surface area contributed by atoms with Crippen LogP contribution in [0.25, 0.3) is 0 Å². The smallest absolute Gasteiger partial charge is 0.408 e. The Hall–Kier alpha value is -2.48. The molecule has 1 atom stereocenters. The molecule has 0 spiro atoms. The average Bonchev–Trinajstić information content (AvgIpc) is 3.06. The average molecular weight is 366 g/mol. The molecule has 2 rings (SSSR count). The number of nitrogens with zero attached hydrogens (tertiary/aromatic N) is 4. The number of rotatable bonds is 9. The van der Waals surface area contributed by atoms with E-state index in [4.69, 9.17) is 16.3 Å². The lowest BCUT2D eigenvalue weighted by Crippen LogP contribution is -2.42. The Bertz CT molecular complexity index is 692. The third kappa shape index (κ3) is 5.82. The van der Waals surface area contributed by atoms with E-state index in [-0.39, 0.29) is 18.9 Å². The fourth-order valence-corrected chi connectivity index (χ4v) is 2.35. The van der Waals surface area contributed by atoms with Gasteiger partial charge in [-0.15, -0.1) is 16.7 Å². The van der Waals surface area contributed by atoms with Crippen LogP contribution in [0.4, 0.5) is 4.79 Å². The topological polar surface area (TPSA) is 99.0 Å². The number of hydrogen-bond donors (Lipinski definition) is 1. The maximum atomic E-state index is 12.4. The standard InChI is InChI=1S/C16H20ClN5O3/c1-2-13(14(23)10-22-15(8-9-17)19-20-21-22)18-16(24)25-11-12-6-4-3-5-7-12/h3-7,13H,2,8-11H2,1H3,(H,18,24). The van der Waals surface area contributed by atoms with Gasteiger partial charge in [-0.1, -0.05) is 37.3 Å². The third-order valence-corrected chi connectivity index (χ3v) is 3.72. The molecule has 9 heteroatoms. The number of benzene rings is 1. The van der Waals surface area contributed by atoms with Crippen LogP contribution in [-0.4, -0.2) is 44.0 Å². The van der Waals surface area contributed by atoms with Gasteiger partial charge in [-0.25, -0.2) is 9.48 Å². The SMILES string of the molecule is CCC(NC(=O)OCc1ccccc1)C(=O)Cn1nnnc1CCCl. The van der Waals surface area contributed by atoms with Gasteiger partial charge in [0.1, 0.15) is 13.2 Å². The van der Waals surface area contributed by atoms with E-state index in [1.807, 2.05) is 30.3 Å². The Balaban J connectivity index is 1.86. The maximum absolute atomic E-state index is 12.4. The molecular formula is C16H20ClN5O3. The molecule has 1 unspecified atom stereocenters. The van der Waals surface area contributed by atoms with E-state index in [0.29, 0.717) is 24.5 Å². The molecule has 0 aliphatic carbocycles. The summed E-state index contributed by atoms with van der Waals surface area (Å²) in [6.45, 7) is 1.92. The second kappa shape index (κ2) is 9.73. The molecule has 134 valence electrons. The fourth-order valence-electron chi connectivity index (χ4n) is 2.18. The van der Waals surface area contributed by atoms with Crippen molar-refractivity contribution in [1.29, 1.82) is 0 Å². The molecule has 25 heavy (non-hydrogen) atoms. The van der Waals surface area contributed by atoms with Crippen molar-refractivity contribution < 1.29 is 14.3 Å². The van der Waals surface area contributed by atoms with Gasteiger partial charge in [-0.2, -0.15) is 0 Å². The van der Waals surface area contributed by atoms with E-state index in [1.54, 1.807) is 6.92 Å². The molecule has 1 aromatic heterocycles. The summed E-state index contributed by atoms with van der Waals surface area (Å²) in [6, 6.07) is 8.64. The number of aryl methyl sites for hydroxylation is 1. The number of ketones is 1. The molecule has 0 saturated heterocycles. The van der Waals surface area contributed by atoms with Crippen LogP contribution in [0.5, 0.6) is 0 Å². The zero-order valence-electron chi connectivity index (χ0n) is 13.9. The fraction of sp³-hybridized carbons (Fsp3) is 0.438. The molecule has 0 aliphatic heterocycles. The number of halogens is 1. The number of alkyl halides is 1. The number of hydrogen-bond acceptors (Lipinski definition) is 6. The second-order valence-corrected chi connectivity index (χ2v) is 5.70. The molecule has 0 saturated carbocycles. The summed E-state index contributed by atoms with van der Waals surface area (Å²) >= 11 is 5.68. The number of amides is 1. The van der Waals surface area contributed by atoms with Crippen LogP contribution in [0, 0.1) is 0 Å². The molecule has 1 amide bonds. The van der Waals surface area contributed by atoms with Gasteiger partial charge in [0.05, 0.1) is 6.04 Å². The monoisotopic (exact) mass is 365 g/mol. The first-order valence-corrected chi connectivity index (χ1v) is 8.48. The Morgan fingerprint density at radius 2 is 2.08 bits per heavy atom. The van der Waals surface area contributed by atoms with Gasteiger partial charge in [-0.05, 0) is 22.4 Å². The molecule has 1 N–H and O–H groups in total. The highest BCUT2D eigenvalue weighted by molar-refractivity contribution is 6.17. The van der Waals surface area contributed by atoms with Crippen molar-refractivity contribution in [1.82, 2.24) is 25.5 Å². The molecule has 0 aliphatic rings. The Morgan fingerprint density at radius 3 is 2.76 bits per heavy atom. The van der Waals surface area contributed by atoms with Crippen LogP contribution in [-0.2, 0) is 29.1 Å². The Kier molecular flexibility index (Phi) is 7.34. The van der Waals surface area contributed by atoms with Crippen molar-refractivity contribution in [2.24, 2.45) is 0 Å². The highest BCUT2D eigenvalue weighted by atomic mass is 35.5. The van der Waals surface area contributed by atoms with Gasteiger partial charge in [0, 0.05) is 12.3 Å². The van der Waals surface area contributed by atoms with Crippen LogP contribution in [0.1, 0.15) is 24.7 Å². The first-order valence-electron chi connectivity index (χ1n) is 7.95. The number of alkyl carbamates (subject to hydrolysis) is 1. The lowest BCUT2D eigenvalue weighted by atomic mass is 10.1. The first-order chi connectivity index (χ1) is 12.1. The van der Waals surface area contributed by atoms with Crippen molar-refractivity contribution in [3.8, 4) is 0 Å². The number of carbonyl (C=O) groups excluding carboxylic acids is 2. The second-order valence-electron chi connectivity index (χ2n) is 5.32. The van der Waals surface area contributed by atoms with E-state index in [9.17, 15) is 9.59 Å². The predicted molar refractivity (Wildman–Crippen MR) is 91.1 cm³/mol. The lowest BCUT2D eigenvalue weighted by Gasteiger charge is -2.16. The highest BCUT2D eigenvalue weighted by Gasteiger charge is 2.21. The molecule has 2 aromatic rings. The van der Waals surface area contributed by atoms with Gasteiger partial charge >= 0.3 is 6.09 Å². The minimum absolute atomic E-state index is 0.0311. The summed E-state index contributed by atoms with van der Waals surface area (Å²) in [5.41, 5.74) is 0.872. The normalized spacial score (nSPS) is 11.8. The highest BCUT2D eigenvalue weighted by Crippen LogP contribution is 2.03. The zero-order chi connectivity index (χ0) is 18.1. The van der Waals surface area contributed by atoms with Gasteiger partial charge in [0.15, 0.2) is 11.6 Å². The molecule has 1 aromatic carbocycles. The number of tetrazole rings is 1. The Morgan fingerprint density at radius 1 is 1.32 bits per heavy atom. The van der Waals surface area contributed by atoms with Crippen LogP contribution in [0.15, 0.2) is 30.3 Å². The van der Waals surface area contributed by atoms with Gasteiger partial charge in [0.2, 0.25) is 0 Å². The molecule has 0 radical (unpaired) electrons. The maximum Gasteiger partial charge on any atom is 0.408 e. The lowest BCUT2D eigenvalue weighted by molar-refractivity contribution is -0.121. The number of ether oxygens (including phenoxy) is 1. The minimum atomic E-state index is -0.670. The number of aromatic nitrogens is 4. The van der Waals surface area contributed by atoms with Gasteiger partial charge in [-0.3, -0.25) is 4.79 Å². The largest absolute Gasteiger partial charge is 0.445 e. The number of Topliss-reactive ketones (excluding diaryl/α,β-unsaturated/α-hetero) is 1. The van der Waals surface area contributed by atoms with Crippen LogP contribution in [0.3, 0.4) is 0 Å². The van der Waals surface area contributed by atoms with Crippen LogP contribution in [0.2, 0.25) is 0 Å². The summed E-state index contributed by atoms with van der Waals surface area (Å²) in [5.74, 6) is 0.683. The molecule has 8 nitrogen and oxygen atoms in total. The summed E-state index contributed by atoms with van der Waals surface area (Å²) < 4.78 is 6.53. The van der Waals surface area contributed by atoms with E-state index in [2.05, 4.69) is 20.8 Å². The van der Waals surface area contributed by atoms with E-state index in [0.717, 1.165) is 5.56 Å². The first kappa shape index (κ1) is 18.9. The van der Waals surface area contributed by atoms with E-state index < -0.39 is 12.1 Å². The van der Waals surface area contributed by atoms with Gasteiger partial charge < -0.3 is 10.1 Å². The molecule has 0 fully saturated rings. The van der Waals surface area contributed by atoms with E-state index >= 15 is 0 Å². The van der Waals surface area contributed by atoms with Crippen molar-refractivity contribution >= 4 is 23.5 Å². The van der Waals surface area contributed by atoms with Crippen molar-refractivity contribution in [3.05, 3.63) is 41.7 Å². The van der Waals surface area contributed by atoms with E-state index in [1.165, 1.54) is 4.68 Å². The summed E-state index contributed by atoms with van der Waals surface area (Å²) in [6.07, 6.45) is 0.263. The molecule has 0 bridgehead atoms. The van der Waals surface area contributed by atoms with Gasteiger partial charge in [0.25, 0.3) is 0 Å². The quantitative estimate of drug-likeness (QED) is 0.679. The zero-order valence-corrected chi connectivity index (χ0v) is 14.6. The molecule has 1 heterocycles. The number of nitrogens with one attached hydrogen (secondary N) is 1.